The molecule has 0 spiro atoms. The van der Waals surface area contributed by atoms with Crippen molar-refractivity contribution in [3.05, 3.63) is 0 Å². The summed E-state index contributed by atoms with van der Waals surface area (Å²) in [6.07, 6.45) is 5.68. The molecule has 1 aliphatic heterocycles. The van der Waals surface area contributed by atoms with Crippen LogP contribution in [0.1, 0.15) is 86.5 Å². The first-order valence-electron chi connectivity index (χ1n) is 11.0. The lowest BCUT2D eigenvalue weighted by Gasteiger charge is -2.61. The topological polar surface area (TPSA) is 69.6 Å². The van der Waals surface area contributed by atoms with Crippen LogP contribution < -0.4 is 5.32 Å². The Kier molecular flexibility index (Phi) is 6.82. The molecule has 4 heteroatoms. The van der Waals surface area contributed by atoms with Gasteiger partial charge in [0.05, 0.1) is 12.2 Å². The monoisotopic (exact) mass is 367 g/mol. The van der Waals surface area contributed by atoms with Crippen molar-refractivity contribution in [1.29, 1.82) is 0 Å². The van der Waals surface area contributed by atoms with E-state index in [1.54, 1.807) is 0 Å². The van der Waals surface area contributed by atoms with Gasteiger partial charge in [0.1, 0.15) is 0 Å². The molecule has 26 heavy (non-hydrogen) atoms. The van der Waals surface area contributed by atoms with Gasteiger partial charge >= 0.3 is 0 Å². The molecule has 4 aliphatic rings. The van der Waals surface area contributed by atoms with Crippen molar-refractivity contribution in [2.24, 2.45) is 28.6 Å². The molecule has 0 aromatic heterocycles. The molecule has 152 valence electrons. The zero-order chi connectivity index (χ0) is 19.7. The highest BCUT2D eigenvalue weighted by molar-refractivity contribution is 5.77. The van der Waals surface area contributed by atoms with E-state index >= 15 is 0 Å². The van der Waals surface area contributed by atoms with Gasteiger partial charge in [0.2, 0.25) is 5.91 Å². The van der Waals surface area contributed by atoms with Gasteiger partial charge in [0, 0.05) is 12.5 Å². The van der Waals surface area contributed by atoms with Gasteiger partial charge in [-0.25, -0.2) is 0 Å². The molecule has 4 fully saturated rings. The van der Waals surface area contributed by atoms with Crippen molar-refractivity contribution < 1.29 is 15.0 Å². The van der Waals surface area contributed by atoms with E-state index in [-0.39, 0.29) is 40.9 Å². The molecule has 3 aliphatic carbocycles. The van der Waals surface area contributed by atoms with Gasteiger partial charge in [0.15, 0.2) is 0 Å². The molecule has 4 rings (SSSR count). The fourth-order valence-electron chi connectivity index (χ4n) is 6.81. The van der Waals surface area contributed by atoms with E-state index in [0.29, 0.717) is 18.3 Å². The highest BCUT2D eigenvalue weighted by atomic mass is 16.3. The number of nitrogens with one attached hydrogen (secondary N) is 1. The maximum absolute atomic E-state index is 11.8. The van der Waals surface area contributed by atoms with Gasteiger partial charge in [-0.2, -0.15) is 0 Å². The molecule has 1 saturated heterocycles. The molecule has 1 amide bonds. The Morgan fingerprint density at radius 2 is 1.62 bits per heavy atom. The Hall–Kier alpha value is -0.610. The molecule has 0 aromatic carbocycles. The van der Waals surface area contributed by atoms with E-state index in [2.05, 4.69) is 19.2 Å². The molecule has 0 aromatic rings. The van der Waals surface area contributed by atoms with Crippen LogP contribution in [0.15, 0.2) is 0 Å². The van der Waals surface area contributed by atoms with Crippen molar-refractivity contribution >= 4 is 5.91 Å². The highest BCUT2D eigenvalue weighted by Gasteiger charge is 2.63. The van der Waals surface area contributed by atoms with Gasteiger partial charge in [-0.3, -0.25) is 4.79 Å². The third kappa shape index (κ3) is 3.22. The molecule has 1 heterocycles. The molecular weight excluding hydrogens is 326 g/mol. The second kappa shape index (κ2) is 8.18. The maximum Gasteiger partial charge on any atom is 0.220 e. The van der Waals surface area contributed by atoms with Crippen molar-refractivity contribution in [1.82, 2.24) is 5.32 Å². The number of aliphatic hydroxyl groups is 2. The molecule has 8 atom stereocenters. The van der Waals surface area contributed by atoms with E-state index in [1.807, 2.05) is 27.7 Å². The summed E-state index contributed by atoms with van der Waals surface area (Å²) in [4.78, 5) is 11.8. The summed E-state index contributed by atoms with van der Waals surface area (Å²) >= 11 is 0. The summed E-state index contributed by atoms with van der Waals surface area (Å²) < 4.78 is 0. The van der Waals surface area contributed by atoms with Gasteiger partial charge < -0.3 is 15.5 Å². The number of hydrogen-bond acceptors (Lipinski definition) is 3. The van der Waals surface area contributed by atoms with E-state index < -0.39 is 0 Å². The average Bonchev–Trinajstić information content (AvgIpc) is 2.93. The first-order chi connectivity index (χ1) is 12.4. The predicted octanol–water partition coefficient (Wildman–Crippen LogP) is 3.89. The van der Waals surface area contributed by atoms with Crippen LogP contribution in [0, 0.1) is 28.6 Å². The standard InChI is InChI=1S/C18H29NO3.2C2H6/c1-17-8-7-15(22)19-13(17)5-3-10-11-4-6-14(21)18(11,2)9-12(20)16(10)17;2*1-2/h10-14,16,20-21H,3-9H2,1-2H3,(H,19,22);2*1-2H3. The SMILES string of the molecule is CC.CC.CC12CC(O)C3C(CCC4NC(=O)CCC43C)C1CCC2O. The minimum atomic E-state index is -0.346. The molecule has 3 saturated carbocycles. The van der Waals surface area contributed by atoms with Crippen LogP contribution in [0.5, 0.6) is 0 Å². The van der Waals surface area contributed by atoms with E-state index in [1.165, 1.54) is 0 Å². The van der Waals surface area contributed by atoms with Crippen molar-refractivity contribution in [2.75, 3.05) is 0 Å². The number of aliphatic hydroxyl groups excluding tert-OH is 2. The van der Waals surface area contributed by atoms with E-state index in [9.17, 15) is 15.0 Å². The number of carbonyl (C=O) groups is 1. The lowest BCUT2D eigenvalue weighted by atomic mass is 9.46. The minimum Gasteiger partial charge on any atom is -0.393 e. The third-order valence-electron chi connectivity index (χ3n) is 7.97. The number of rotatable bonds is 0. The second-order valence-corrected chi connectivity index (χ2v) is 8.87. The average molecular weight is 368 g/mol. The van der Waals surface area contributed by atoms with Crippen LogP contribution in [-0.4, -0.2) is 34.4 Å². The van der Waals surface area contributed by atoms with Crippen LogP contribution in [0.4, 0.5) is 0 Å². The Morgan fingerprint density at radius 1 is 0.962 bits per heavy atom. The fraction of sp³-hybridized carbons (Fsp3) is 0.955. The lowest BCUT2D eigenvalue weighted by molar-refractivity contribution is -0.169. The van der Waals surface area contributed by atoms with Gasteiger partial charge in [0.25, 0.3) is 0 Å². The second-order valence-electron chi connectivity index (χ2n) is 8.87. The summed E-state index contributed by atoms with van der Waals surface area (Å²) in [5, 5.41) is 24.6. The zero-order valence-corrected chi connectivity index (χ0v) is 17.7. The fourth-order valence-corrected chi connectivity index (χ4v) is 6.81. The number of hydrogen-bond donors (Lipinski definition) is 3. The maximum atomic E-state index is 11.8. The van der Waals surface area contributed by atoms with Crippen molar-refractivity contribution in [2.45, 2.75) is 105 Å². The quantitative estimate of drug-likeness (QED) is 0.608. The minimum absolute atomic E-state index is 0.0190. The number of amides is 1. The van der Waals surface area contributed by atoms with Crippen LogP contribution in [0.2, 0.25) is 0 Å². The molecular formula is C22H41NO3. The predicted molar refractivity (Wildman–Crippen MR) is 106 cm³/mol. The normalized spacial score (nSPS) is 49.2. The van der Waals surface area contributed by atoms with Crippen LogP contribution in [0.3, 0.4) is 0 Å². The number of fused-ring (bicyclic) bond motifs is 5. The number of carbonyl (C=O) groups excluding carboxylic acids is 1. The molecule has 8 unspecified atom stereocenters. The number of piperidine rings is 1. The Labute approximate surface area is 160 Å². The third-order valence-corrected chi connectivity index (χ3v) is 7.97. The Balaban J connectivity index is 0.000000570. The zero-order valence-electron chi connectivity index (χ0n) is 17.7. The molecule has 0 bridgehead atoms. The summed E-state index contributed by atoms with van der Waals surface area (Å²) in [6, 6.07) is 0.223. The Morgan fingerprint density at radius 3 is 2.27 bits per heavy atom. The van der Waals surface area contributed by atoms with Gasteiger partial charge in [-0.05, 0) is 67.1 Å². The Bertz CT molecular complexity index is 496. The molecule has 4 nitrogen and oxygen atoms in total. The van der Waals surface area contributed by atoms with E-state index in [4.69, 9.17) is 0 Å². The lowest BCUT2D eigenvalue weighted by Crippen LogP contribution is -2.64. The first kappa shape index (κ1) is 21.7. The van der Waals surface area contributed by atoms with Crippen LogP contribution in [0.25, 0.3) is 0 Å². The summed E-state index contributed by atoms with van der Waals surface area (Å²) in [6.45, 7) is 12.5. The summed E-state index contributed by atoms with van der Waals surface area (Å²) in [5.74, 6) is 1.48. The van der Waals surface area contributed by atoms with Crippen LogP contribution in [-0.2, 0) is 4.79 Å². The molecule has 3 N–H and O–H groups in total. The summed E-state index contributed by atoms with van der Waals surface area (Å²) in [7, 11) is 0. The van der Waals surface area contributed by atoms with E-state index in [0.717, 1.165) is 38.5 Å². The first-order valence-corrected chi connectivity index (χ1v) is 11.0. The van der Waals surface area contributed by atoms with Crippen molar-refractivity contribution in [3.63, 3.8) is 0 Å². The largest absolute Gasteiger partial charge is 0.393 e. The molecule has 0 radical (unpaired) electrons. The van der Waals surface area contributed by atoms with Gasteiger partial charge in [-0.1, -0.05) is 41.5 Å². The van der Waals surface area contributed by atoms with Crippen LogP contribution >= 0.6 is 0 Å². The summed E-state index contributed by atoms with van der Waals surface area (Å²) in [5.41, 5.74) is -0.0905. The van der Waals surface area contributed by atoms with Gasteiger partial charge in [-0.15, -0.1) is 0 Å². The van der Waals surface area contributed by atoms with Crippen molar-refractivity contribution in [3.8, 4) is 0 Å². The highest BCUT2D eigenvalue weighted by Crippen LogP contribution is 2.63. The smallest absolute Gasteiger partial charge is 0.220 e.